The van der Waals surface area contributed by atoms with Crippen LogP contribution in [0, 0.1) is 0 Å². The molecule has 4 nitrogen and oxygen atoms in total. The summed E-state index contributed by atoms with van der Waals surface area (Å²) in [6.45, 7) is 2.59. The maximum absolute atomic E-state index is 9.13. The van der Waals surface area contributed by atoms with Gasteiger partial charge in [0.05, 0.1) is 6.54 Å². The molecule has 0 fully saturated rings. The zero-order valence-electron chi connectivity index (χ0n) is 8.77. The molecule has 0 unspecified atom stereocenters. The lowest BCUT2D eigenvalue weighted by molar-refractivity contribution is 0.475. The van der Waals surface area contributed by atoms with Gasteiger partial charge in [0.25, 0.3) is 0 Å². The molecule has 80 valence electrons. The molecule has 2 N–H and O–H groups in total. The fraction of sp³-hybridized carbons (Fsp3) is 0.364. The van der Waals surface area contributed by atoms with Crippen LogP contribution in [-0.2, 0) is 6.54 Å². The molecule has 0 radical (unpaired) electrons. The van der Waals surface area contributed by atoms with Gasteiger partial charge in [-0.3, -0.25) is 4.99 Å². The average Bonchev–Trinajstić information content (AvgIpc) is 2.63. The van der Waals surface area contributed by atoms with Crippen LogP contribution in [0.1, 0.15) is 5.56 Å². The van der Waals surface area contributed by atoms with Crippen LogP contribution in [0.15, 0.2) is 29.3 Å². The number of rotatable bonds is 2. The van der Waals surface area contributed by atoms with Gasteiger partial charge in [-0.05, 0) is 17.7 Å². The summed E-state index contributed by atoms with van der Waals surface area (Å²) in [5.41, 5.74) is 1.14. The molecule has 1 heterocycles. The van der Waals surface area contributed by atoms with E-state index in [-0.39, 0.29) is 0 Å². The Balaban J connectivity index is 1.90. The third-order valence-corrected chi connectivity index (χ3v) is 2.45. The molecular formula is C11H15N3O. The average molecular weight is 205 g/mol. The molecule has 4 heteroatoms. The minimum absolute atomic E-state index is 0.300. The first kappa shape index (κ1) is 9.83. The molecule has 0 saturated heterocycles. The highest BCUT2D eigenvalue weighted by molar-refractivity contribution is 5.81. The lowest BCUT2D eigenvalue weighted by Crippen LogP contribution is -2.35. The molecular weight excluding hydrogens is 190 g/mol. The maximum Gasteiger partial charge on any atom is 0.194 e. The van der Waals surface area contributed by atoms with Crippen molar-refractivity contribution in [2.75, 3.05) is 20.1 Å². The SMILES string of the molecule is CN1CCN=C1NCc1ccc(O)cc1. The quantitative estimate of drug-likeness (QED) is 0.750. The van der Waals surface area contributed by atoms with Gasteiger partial charge in [0, 0.05) is 20.1 Å². The van der Waals surface area contributed by atoms with Gasteiger partial charge >= 0.3 is 0 Å². The number of guanidine groups is 1. The first-order chi connectivity index (χ1) is 7.25. The fourth-order valence-corrected chi connectivity index (χ4v) is 1.52. The van der Waals surface area contributed by atoms with E-state index in [4.69, 9.17) is 5.11 Å². The summed E-state index contributed by atoms with van der Waals surface area (Å²) >= 11 is 0. The highest BCUT2D eigenvalue weighted by Crippen LogP contribution is 2.09. The number of likely N-dealkylation sites (N-methyl/N-ethyl adjacent to an activating group) is 1. The lowest BCUT2D eigenvalue weighted by Gasteiger charge is -2.15. The van der Waals surface area contributed by atoms with Crippen LogP contribution in [0.2, 0.25) is 0 Å². The molecule has 0 atom stereocenters. The molecule has 0 saturated carbocycles. The van der Waals surface area contributed by atoms with Gasteiger partial charge in [-0.1, -0.05) is 12.1 Å². The fourth-order valence-electron chi connectivity index (χ4n) is 1.52. The summed E-state index contributed by atoms with van der Waals surface area (Å²) in [6, 6.07) is 7.18. The van der Waals surface area contributed by atoms with Crippen LogP contribution in [-0.4, -0.2) is 36.1 Å². The Morgan fingerprint density at radius 1 is 1.40 bits per heavy atom. The third-order valence-electron chi connectivity index (χ3n) is 2.45. The molecule has 1 aliphatic rings. The number of hydrogen-bond donors (Lipinski definition) is 2. The Labute approximate surface area is 89.2 Å². The zero-order valence-corrected chi connectivity index (χ0v) is 8.77. The summed E-state index contributed by atoms with van der Waals surface area (Å²) in [5, 5.41) is 12.4. The largest absolute Gasteiger partial charge is 0.508 e. The van der Waals surface area contributed by atoms with Crippen molar-refractivity contribution in [3.8, 4) is 5.75 Å². The maximum atomic E-state index is 9.13. The van der Waals surface area contributed by atoms with E-state index in [9.17, 15) is 0 Å². The van der Waals surface area contributed by atoms with Gasteiger partial charge in [-0.2, -0.15) is 0 Å². The molecule has 0 bridgehead atoms. The molecule has 1 aliphatic heterocycles. The van der Waals surface area contributed by atoms with Gasteiger partial charge in [-0.15, -0.1) is 0 Å². The van der Waals surface area contributed by atoms with Crippen molar-refractivity contribution in [2.24, 2.45) is 4.99 Å². The third kappa shape index (κ3) is 2.40. The number of nitrogens with zero attached hydrogens (tertiary/aromatic N) is 2. The second-order valence-corrected chi connectivity index (χ2v) is 3.65. The van der Waals surface area contributed by atoms with Gasteiger partial charge in [0.2, 0.25) is 0 Å². The molecule has 1 aromatic carbocycles. The van der Waals surface area contributed by atoms with E-state index in [1.54, 1.807) is 12.1 Å². The van der Waals surface area contributed by atoms with Crippen molar-refractivity contribution in [3.63, 3.8) is 0 Å². The van der Waals surface area contributed by atoms with Gasteiger partial charge in [0.1, 0.15) is 5.75 Å². The van der Waals surface area contributed by atoms with Crippen molar-refractivity contribution in [1.82, 2.24) is 10.2 Å². The predicted molar refractivity (Wildman–Crippen MR) is 59.9 cm³/mol. The molecule has 15 heavy (non-hydrogen) atoms. The molecule has 0 aliphatic carbocycles. The van der Waals surface area contributed by atoms with E-state index < -0.39 is 0 Å². The van der Waals surface area contributed by atoms with E-state index in [0.717, 1.165) is 31.2 Å². The van der Waals surface area contributed by atoms with Crippen LogP contribution in [0.3, 0.4) is 0 Å². The topological polar surface area (TPSA) is 47.9 Å². The first-order valence-electron chi connectivity index (χ1n) is 5.03. The molecule has 0 amide bonds. The van der Waals surface area contributed by atoms with E-state index in [0.29, 0.717) is 5.75 Å². The molecule has 0 spiro atoms. The second kappa shape index (κ2) is 4.21. The monoisotopic (exact) mass is 205 g/mol. The zero-order chi connectivity index (χ0) is 10.7. The number of phenols is 1. The number of aliphatic imine (C=N–C) groups is 1. The van der Waals surface area contributed by atoms with E-state index in [1.165, 1.54) is 0 Å². The first-order valence-corrected chi connectivity index (χ1v) is 5.03. The highest BCUT2D eigenvalue weighted by atomic mass is 16.3. The summed E-state index contributed by atoms with van der Waals surface area (Å²) in [5.74, 6) is 1.25. The number of hydrogen-bond acceptors (Lipinski definition) is 4. The standard InChI is InChI=1S/C11H15N3O/c1-14-7-6-12-11(14)13-8-9-2-4-10(15)5-3-9/h2-5,15H,6-8H2,1H3,(H,12,13). The Bertz CT molecular complexity index is 359. The van der Waals surface area contributed by atoms with Crippen LogP contribution >= 0.6 is 0 Å². The summed E-state index contributed by atoms with van der Waals surface area (Å²) in [6.07, 6.45) is 0. The normalized spacial score (nSPS) is 15.3. The summed E-state index contributed by atoms with van der Waals surface area (Å²) in [7, 11) is 2.02. The molecule has 1 aromatic rings. The van der Waals surface area contributed by atoms with E-state index in [2.05, 4.69) is 15.2 Å². The summed E-state index contributed by atoms with van der Waals surface area (Å²) in [4.78, 5) is 6.43. The van der Waals surface area contributed by atoms with Crippen molar-refractivity contribution < 1.29 is 5.11 Å². The van der Waals surface area contributed by atoms with Crippen molar-refractivity contribution in [3.05, 3.63) is 29.8 Å². The Kier molecular flexibility index (Phi) is 2.76. The van der Waals surface area contributed by atoms with Crippen molar-refractivity contribution in [1.29, 1.82) is 0 Å². The van der Waals surface area contributed by atoms with Crippen LogP contribution in [0.4, 0.5) is 0 Å². The minimum Gasteiger partial charge on any atom is -0.508 e. The van der Waals surface area contributed by atoms with Crippen LogP contribution < -0.4 is 5.32 Å². The molecule has 2 rings (SSSR count). The summed E-state index contributed by atoms with van der Waals surface area (Å²) < 4.78 is 0. The number of nitrogens with one attached hydrogen (secondary N) is 1. The van der Waals surface area contributed by atoms with Crippen LogP contribution in [0.25, 0.3) is 0 Å². The smallest absolute Gasteiger partial charge is 0.194 e. The Morgan fingerprint density at radius 3 is 2.73 bits per heavy atom. The van der Waals surface area contributed by atoms with Crippen molar-refractivity contribution >= 4 is 5.96 Å². The highest BCUT2D eigenvalue weighted by Gasteiger charge is 2.10. The Hall–Kier alpha value is -1.71. The van der Waals surface area contributed by atoms with Gasteiger partial charge < -0.3 is 15.3 Å². The van der Waals surface area contributed by atoms with E-state index >= 15 is 0 Å². The Morgan fingerprint density at radius 2 is 2.13 bits per heavy atom. The van der Waals surface area contributed by atoms with Gasteiger partial charge in [0.15, 0.2) is 5.96 Å². The minimum atomic E-state index is 0.300. The molecule has 0 aromatic heterocycles. The second-order valence-electron chi connectivity index (χ2n) is 3.65. The number of aromatic hydroxyl groups is 1. The number of phenolic OH excluding ortho intramolecular Hbond substituents is 1. The lowest BCUT2D eigenvalue weighted by atomic mass is 10.2. The predicted octanol–water partition coefficient (Wildman–Crippen LogP) is 0.783. The van der Waals surface area contributed by atoms with Gasteiger partial charge in [-0.25, -0.2) is 0 Å². The van der Waals surface area contributed by atoms with Crippen LogP contribution in [0.5, 0.6) is 5.75 Å². The van der Waals surface area contributed by atoms with E-state index in [1.807, 2.05) is 19.2 Å². The van der Waals surface area contributed by atoms with Crippen molar-refractivity contribution in [2.45, 2.75) is 6.54 Å². The number of benzene rings is 1.